The minimum atomic E-state index is 0.263. The molecule has 0 amide bonds. The third kappa shape index (κ3) is 3.49. The SMILES string of the molecule is CCC(CO)Cc1cc(C(C)C)c(OC)cc1C. The van der Waals surface area contributed by atoms with Crippen LogP contribution in [0.3, 0.4) is 0 Å². The van der Waals surface area contributed by atoms with Crippen LogP contribution in [-0.4, -0.2) is 18.8 Å². The van der Waals surface area contributed by atoms with Crippen LogP contribution in [0.15, 0.2) is 12.1 Å². The van der Waals surface area contributed by atoms with Gasteiger partial charge >= 0.3 is 0 Å². The number of ether oxygens (including phenoxy) is 1. The number of hydrogen-bond acceptors (Lipinski definition) is 2. The number of aliphatic hydroxyl groups excluding tert-OH is 1. The van der Waals surface area contributed by atoms with Crippen molar-refractivity contribution < 1.29 is 9.84 Å². The molecule has 1 atom stereocenters. The van der Waals surface area contributed by atoms with Crippen molar-refractivity contribution in [3.8, 4) is 5.75 Å². The van der Waals surface area contributed by atoms with Crippen molar-refractivity contribution in [2.24, 2.45) is 5.92 Å². The van der Waals surface area contributed by atoms with Gasteiger partial charge in [-0.05, 0) is 47.9 Å². The average molecular weight is 250 g/mol. The van der Waals surface area contributed by atoms with Crippen molar-refractivity contribution in [2.75, 3.05) is 13.7 Å². The molecule has 0 saturated heterocycles. The molecule has 1 N–H and O–H groups in total. The maximum Gasteiger partial charge on any atom is 0.122 e. The molecular weight excluding hydrogens is 224 g/mol. The maximum atomic E-state index is 9.33. The highest BCUT2D eigenvalue weighted by Gasteiger charge is 2.14. The van der Waals surface area contributed by atoms with Gasteiger partial charge in [0.1, 0.15) is 5.75 Å². The van der Waals surface area contributed by atoms with Crippen LogP contribution in [-0.2, 0) is 6.42 Å². The van der Waals surface area contributed by atoms with E-state index in [2.05, 4.69) is 39.8 Å². The quantitative estimate of drug-likeness (QED) is 0.834. The van der Waals surface area contributed by atoms with Gasteiger partial charge in [-0.1, -0.05) is 33.3 Å². The zero-order valence-corrected chi connectivity index (χ0v) is 12.3. The van der Waals surface area contributed by atoms with E-state index in [1.54, 1.807) is 7.11 Å². The smallest absolute Gasteiger partial charge is 0.122 e. The van der Waals surface area contributed by atoms with Crippen LogP contribution in [0.25, 0.3) is 0 Å². The van der Waals surface area contributed by atoms with Crippen molar-refractivity contribution in [3.63, 3.8) is 0 Å². The fraction of sp³-hybridized carbons (Fsp3) is 0.625. The molecule has 2 nitrogen and oxygen atoms in total. The molecular formula is C16H26O2. The molecule has 0 aliphatic heterocycles. The van der Waals surface area contributed by atoms with E-state index in [1.165, 1.54) is 16.7 Å². The molecule has 0 spiro atoms. The largest absolute Gasteiger partial charge is 0.496 e. The molecule has 18 heavy (non-hydrogen) atoms. The summed E-state index contributed by atoms with van der Waals surface area (Å²) in [5.41, 5.74) is 3.84. The van der Waals surface area contributed by atoms with Gasteiger partial charge in [0.15, 0.2) is 0 Å². The Morgan fingerprint density at radius 2 is 1.94 bits per heavy atom. The van der Waals surface area contributed by atoms with Crippen molar-refractivity contribution in [1.82, 2.24) is 0 Å². The van der Waals surface area contributed by atoms with Gasteiger partial charge in [-0.2, -0.15) is 0 Å². The molecule has 1 rings (SSSR count). The fourth-order valence-corrected chi connectivity index (χ4v) is 2.24. The molecule has 0 fully saturated rings. The van der Waals surface area contributed by atoms with Gasteiger partial charge in [0.05, 0.1) is 7.11 Å². The molecule has 0 bridgehead atoms. The summed E-state index contributed by atoms with van der Waals surface area (Å²) in [4.78, 5) is 0. The Morgan fingerprint density at radius 3 is 2.39 bits per heavy atom. The molecule has 0 aliphatic carbocycles. The van der Waals surface area contributed by atoms with E-state index >= 15 is 0 Å². The lowest BCUT2D eigenvalue weighted by Gasteiger charge is -2.18. The Morgan fingerprint density at radius 1 is 1.28 bits per heavy atom. The second-order valence-electron chi connectivity index (χ2n) is 5.34. The molecule has 1 aromatic carbocycles. The van der Waals surface area contributed by atoms with Crippen molar-refractivity contribution in [3.05, 3.63) is 28.8 Å². The Balaban J connectivity index is 3.09. The van der Waals surface area contributed by atoms with Crippen LogP contribution in [0.1, 0.15) is 49.8 Å². The summed E-state index contributed by atoms with van der Waals surface area (Å²) in [5, 5.41) is 9.33. The van der Waals surface area contributed by atoms with Crippen LogP contribution >= 0.6 is 0 Å². The van der Waals surface area contributed by atoms with E-state index in [0.717, 1.165) is 18.6 Å². The van der Waals surface area contributed by atoms with Gasteiger partial charge in [0.25, 0.3) is 0 Å². The number of hydrogen-bond donors (Lipinski definition) is 1. The normalized spacial score (nSPS) is 12.8. The molecule has 0 heterocycles. The number of aryl methyl sites for hydroxylation is 1. The van der Waals surface area contributed by atoms with Crippen LogP contribution in [0.4, 0.5) is 0 Å². The van der Waals surface area contributed by atoms with E-state index in [1.807, 2.05) is 0 Å². The zero-order valence-electron chi connectivity index (χ0n) is 12.3. The van der Waals surface area contributed by atoms with E-state index in [4.69, 9.17) is 4.74 Å². The molecule has 1 aromatic rings. The van der Waals surface area contributed by atoms with E-state index in [0.29, 0.717) is 11.8 Å². The van der Waals surface area contributed by atoms with Gasteiger partial charge in [-0.3, -0.25) is 0 Å². The highest BCUT2D eigenvalue weighted by molar-refractivity contribution is 5.44. The average Bonchev–Trinajstić information content (AvgIpc) is 2.36. The van der Waals surface area contributed by atoms with Gasteiger partial charge in [0, 0.05) is 6.61 Å². The summed E-state index contributed by atoms with van der Waals surface area (Å²) >= 11 is 0. The Bertz CT molecular complexity index is 379. The molecule has 1 unspecified atom stereocenters. The van der Waals surface area contributed by atoms with Crippen molar-refractivity contribution in [2.45, 2.75) is 46.5 Å². The number of rotatable bonds is 6. The van der Waals surface area contributed by atoms with Crippen molar-refractivity contribution >= 4 is 0 Å². The van der Waals surface area contributed by atoms with Crippen LogP contribution in [0.2, 0.25) is 0 Å². The first-order valence-electron chi connectivity index (χ1n) is 6.81. The second-order valence-corrected chi connectivity index (χ2v) is 5.34. The Hall–Kier alpha value is -1.02. The summed E-state index contributed by atoms with van der Waals surface area (Å²) < 4.78 is 5.45. The van der Waals surface area contributed by atoms with Crippen LogP contribution < -0.4 is 4.74 Å². The predicted molar refractivity (Wildman–Crippen MR) is 76.4 cm³/mol. The molecule has 2 heteroatoms. The summed E-state index contributed by atoms with van der Waals surface area (Å²) in [5.74, 6) is 1.79. The summed E-state index contributed by atoms with van der Waals surface area (Å²) in [7, 11) is 1.73. The molecule has 0 radical (unpaired) electrons. The van der Waals surface area contributed by atoms with Gasteiger partial charge < -0.3 is 9.84 Å². The summed E-state index contributed by atoms with van der Waals surface area (Å²) in [6.45, 7) is 8.87. The monoisotopic (exact) mass is 250 g/mol. The third-order valence-electron chi connectivity index (χ3n) is 3.65. The van der Waals surface area contributed by atoms with Gasteiger partial charge in [-0.15, -0.1) is 0 Å². The highest BCUT2D eigenvalue weighted by Crippen LogP contribution is 2.30. The summed E-state index contributed by atoms with van der Waals surface area (Å²) in [6.07, 6.45) is 1.96. The first kappa shape index (κ1) is 15.0. The predicted octanol–water partition coefficient (Wildman–Crippen LogP) is 3.69. The first-order chi connectivity index (χ1) is 8.53. The van der Waals surface area contributed by atoms with Crippen molar-refractivity contribution in [1.29, 1.82) is 0 Å². The first-order valence-corrected chi connectivity index (χ1v) is 6.81. The fourth-order valence-electron chi connectivity index (χ4n) is 2.24. The minimum Gasteiger partial charge on any atom is -0.496 e. The number of methoxy groups -OCH3 is 1. The lowest BCUT2D eigenvalue weighted by molar-refractivity contribution is 0.222. The van der Waals surface area contributed by atoms with Gasteiger partial charge in [-0.25, -0.2) is 0 Å². The lowest BCUT2D eigenvalue weighted by Crippen LogP contribution is -2.10. The Kier molecular flexibility index (Phi) is 5.67. The zero-order chi connectivity index (χ0) is 13.7. The van der Waals surface area contributed by atoms with E-state index in [-0.39, 0.29) is 6.61 Å². The third-order valence-corrected chi connectivity index (χ3v) is 3.65. The maximum absolute atomic E-state index is 9.33. The number of aliphatic hydroxyl groups is 1. The van der Waals surface area contributed by atoms with Gasteiger partial charge in [0.2, 0.25) is 0 Å². The van der Waals surface area contributed by atoms with E-state index in [9.17, 15) is 5.11 Å². The van der Waals surface area contributed by atoms with Crippen LogP contribution in [0, 0.1) is 12.8 Å². The molecule has 0 aliphatic rings. The molecule has 102 valence electrons. The topological polar surface area (TPSA) is 29.5 Å². The number of benzene rings is 1. The highest BCUT2D eigenvalue weighted by atomic mass is 16.5. The Labute approximate surface area is 111 Å². The van der Waals surface area contributed by atoms with E-state index < -0.39 is 0 Å². The second kappa shape index (κ2) is 6.79. The standard InChI is InChI=1S/C16H26O2/c1-6-13(10-17)8-14-9-15(11(2)3)16(18-5)7-12(14)4/h7,9,11,13,17H,6,8,10H2,1-5H3. The van der Waals surface area contributed by atoms with Crippen LogP contribution in [0.5, 0.6) is 5.75 Å². The molecule has 0 aromatic heterocycles. The minimum absolute atomic E-state index is 0.263. The summed E-state index contributed by atoms with van der Waals surface area (Å²) in [6, 6.07) is 4.37. The molecule has 0 saturated carbocycles. The lowest BCUT2D eigenvalue weighted by atomic mass is 9.90.